The van der Waals surface area contributed by atoms with E-state index in [-0.39, 0.29) is 0 Å². The van der Waals surface area contributed by atoms with Crippen molar-refractivity contribution in [2.24, 2.45) is 11.5 Å². The van der Waals surface area contributed by atoms with Gasteiger partial charge in [0.05, 0.1) is 0 Å². The molecule has 0 aliphatic heterocycles. The second-order valence-corrected chi connectivity index (χ2v) is 6.02. The number of hydrogen-bond acceptors (Lipinski definition) is 2. The largest absolute Gasteiger partial charge is 0.330 e. The van der Waals surface area contributed by atoms with E-state index in [4.69, 9.17) is 11.5 Å². The zero-order chi connectivity index (χ0) is 14.6. The van der Waals surface area contributed by atoms with Gasteiger partial charge in [0.15, 0.2) is 0 Å². The number of hydrogen-bond donors (Lipinski definition) is 2. The maximum atomic E-state index is 5.90. The molecule has 0 amide bonds. The molecule has 0 radical (unpaired) electrons. The molecule has 0 saturated carbocycles. The van der Waals surface area contributed by atoms with Crippen LogP contribution >= 0.6 is 0 Å². The van der Waals surface area contributed by atoms with E-state index in [9.17, 15) is 0 Å². The highest BCUT2D eigenvalue weighted by Crippen LogP contribution is 2.21. The second-order valence-electron chi connectivity index (χ2n) is 6.02. The molecule has 4 N–H and O–H groups in total. The van der Waals surface area contributed by atoms with Crippen molar-refractivity contribution in [2.45, 2.75) is 70.3 Å². The minimum atomic E-state index is 0.367. The van der Waals surface area contributed by atoms with Crippen LogP contribution in [0.2, 0.25) is 0 Å². The molecule has 2 nitrogen and oxygen atoms in total. The van der Waals surface area contributed by atoms with Crippen molar-refractivity contribution in [3.05, 3.63) is 35.9 Å². The van der Waals surface area contributed by atoms with Gasteiger partial charge in [-0.15, -0.1) is 0 Å². The van der Waals surface area contributed by atoms with E-state index in [0.717, 1.165) is 6.54 Å². The number of unbranched alkanes of at least 4 members (excludes halogenated alkanes) is 5. The highest BCUT2D eigenvalue weighted by molar-refractivity contribution is 5.19. The molecule has 0 aromatic heterocycles. The Hall–Kier alpha value is -0.860. The summed E-state index contributed by atoms with van der Waals surface area (Å²) in [5, 5.41) is 0. The van der Waals surface area contributed by atoms with Crippen molar-refractivity contribution >= 4 is 0 Å². The Morgan fingerprint density at radius 1 is 0.850 bits per heavy atom. The lowest BCUT2D eigenvalue weighted by Gasteiger charge is -2.14. The summed E-state index contributed by atoms with van der Waals surface area (Å²) in [7, 11) is 0. The first-order valence-electron chi connectivity index (χ1n) is 8.24. The highest BCUT2D eigenvalue weighted by atomic mass is 14.6. The van der Waals surface area contributed by atoms with Crippen molar-refractivity contribution in [2.75, 3.05) is 6.54 Å². The fraction of sp³-hybridized carbons (Fsp3) is 0.667. The minimum absolute atomic E-state index is 0.367. The Labute approximate surface area is 124 Å². The van der Waals surface area contributed by atoms with Crippen LogP contribution in [0.5, 0.6) is 0 Å². The maximum Gasteiger partial charge on any atom is 0.00104 e. The van der Waals surface area contributed by atoms with E-state index in [1.165, 1.54) is 56.9 Å². The van der Waals surface area contributed by atoms with Gasteiger partial charge in [-0.25, -0.2) is 0 Å². The van der Waals surface area contributed by atoms with Gasteiger partial charge in [0.2, 0.25) is 0 Å². The van der Waals surface area contributed by atoms with Crippen molar-refractivity contribution in [3.63, 3.8) is 0 Å². The minimum Gasteiger partial charge on any atom is -0.330 e. The predicted octanol–water partition coefficient (Wildman–Crippen LogP) is 4.20. The monoisotopic (exact) mass is 276 g/mol. The van der Waals surface area contributed by atoms with E-state index in [0.29, 0.717) is 12.0 Å². The third-order valence-electron chi connectivity index (χ3n) is 4.02. The van der Waals surface area contributed by atoms with E-state index < -0.39 is 0 Å². The van der Waals surface area contributed by atoms with Crippen molar-refractivity contribution in [1.29, 1.82) is 0 Å². The van der Waals surface area contributed by atoms with Gasteiger partial charge in [-0.1, -0.05) is 68.9 Å². The Balaban J connectivity index is 2.05. The molecule has 2 unspecified atom stereocenters. The molecule has 0 heterocycles. The quantitative estimate of drug-likeness (QED) is 0.595. The number of rotatable bonds is 11. The first-order valence-corrected chi connectivity index (χ1v) is 8.24. The van der Waals surface area contributed by atoms with Crippen LogP contribution in [0.1, 0.15) is 69.8 Å². The van der Waals surface area contributed by atoms with Gasteiger partial charge in [0, 0.05) is 6.04 Å². The van der Waals surface area contributed by atoms with Crippen molar-refractivity contribution < 1.29 is 0 Å². The summed E-state index contributed by atoms with van der Waals surface area (Å²) >= 11 is 0. The Morgan fingerprint density at radius 2 is 1.40 bits per heavy atom. The summed E-state index contributed by atoms with van der Waals surface area (Å²) < 4.78 is 0. The van der Waals surface area contributed by atoms with Crippen LogP contribution in [0.15, 0.2) is 30.3 Å². The van der Waals surface area contributed by atoms with E-state index in [1.54, 1.807) is 0 Å². The van der Waals surface area contributed by atoms with Gasteiger partial charge in [-0.3, -0.25) is 0 Å². The maximum absolute atomic E-state index is 5.90. The zero-order valence-corrected chi connectivity index (χ0v) is 13.1. The zero-order valence-electron chi connectivity index (χ0n) is 13.1. The summed E-state index contributed by atoms with van der Waals surface area (Å²) in [5.41, 5.74) is 13.0. The summed E-state index contributed by atoms with van der Waals surface area (Å²) in [4.78, 5) is 0. The van der Waals surface area contributed by atoms with Crippen LogP contribution in [0.3, 0.4) is 0 Å². The first kappa shape index (κ1) is 17.2. The molecule has 1 aromatic carbocycles. The van der Waals surface area contributed by atoms with Crippen LogP contribution < -0.4 is 11.5 Å². The molecule has 1 aromatic rings. The normalized spacial score (nSPS) is 14.2. The van der Waals surface area contributed by atoms with E-state index >= 15 is 0 Å². The van der Waals surface area contributed by atoms with Crippen LogP contribution in [0.4, 0.5) is 0 Å². The van der Waals surface area contributed by atoms with Crippen molar-refractivity contribution in [3.8, 4) is 0 Å². The molecule has 0 fully saturated rings. The third kappa shape index (κ3) is 7.66. The van der Waals surface area contributed by atoms with Gasteiger partial charge in [-0.2, -0.15) is 0 Å². The summed E-state index contributed by atoms with van der Waals surface area (Å²) in [6, 6.07) is 11.1. The van der Waals surface area contributed by atoms with Crippen LogP contribution in [0, 0.1) is 0 Å². The molecule has 114 valence electrons. The molecular formula is C18H32N2. The van der Waals surface area contributed by atoms with E-state index in [1.807, 2.05) is 0 Å². The summed E-state index contributed by atoms with van der Waals surface area (Å²) in [6.07, 6.45) is 10.3. The number of nitrogens with two attached hydrogens (primary N) is 2. The summed E-state index contributed by atoms with van der Waals surface area (Å²) in [5.74, 6) is 0.536. The van der Waals surface area contributed by atoms with Crippen LogP contribution in [-0.4, -0.2) is 12.6 Å². The number of benzene rings is 1. The van der Waals surface area contributed by atoms with E-state index in [2.05, 4.69) is 37.3 Å². The smallest absolute Gasteiger partial charge is 0.00104 e. The van der Waals surface area contributed by atoms with Gasteiger partial charge in [0.1, 0.15) is 0 Å². The van der Waals surface area contributed by atoms with Gasteiger partial charge in [0.25, 0.3) is 0 Å². The Morgan fingerprint density at radius 3 is 1.95 bits per heavy atom. The molecule has 0 aliphatic rings. The van der Waals surface area contributed by atoms with Crippen LogP contribution in [0.25, 0.3) is 0 Å². The Kier molecular flexibility index (Phi) is 9.35. The Bertz CT molecular complexity index is 321. The van der Waals surface area contributed by atoms with Crippen LogP contribution in [-0.2, 0) is 0 Å². The lowest BCUT2D eigenvalue weighted by molar-refractivity contribution is 0.522. The molecule has 1 rings (SSSR count). The molecule has 2 atom stereocenters. The first-order chi connectivity index (χ1) is 9.74. The van der Waals surface area contributed by atoms with Gasteiger partial charge in [-0.05, 0) is 37.8 Å². The molecule has 0 saturated heterocycles. The van der Waals surface area contributed by atoms with Crippen molar-refractivity contribution in [1.82, 2.24) is 0 Å². The summed E-state index contributed by atoms with van der Waals surface area (Å²) in [6.45, 7) is 2.86. The predicted molar refractivity (Wildman–Crippen MR) is 88.8 cm³/mol. The standard InChI is InChI=1S/C18H32N2/c1-16(20)11-7-4-2-3-5-8-14-18(15-19)17-12-9-6-10-13-17/h6,9-10,12-13,16,18H,2-5,7-8,11,14-15,19-20H2,1H3. The lowest BCUT2D eigenvalue weighted by Crippen LogP contribution is -2.13. The fourth-order valence-electron chi connectivity index (χ4n) is 2.71. The second kappa shape index (κ2) is 10.9. The third-order valence-corrected chi connectivity index (χ3v) is 4.02. The molecular weight excluding hydrogens is 244 g/mol. The van der Waals surface area contributed by atoms with Gasteiger partial charge < -0.3 is 11.5 Å². The molecule has 0 aliphatic carbocycles. The molecule has 0 bridgehead atoms. The lowest BCUT2D eigenvalue weighted by atomic mass is 9.93. The SMILES string of the molecule is CC(N)CCCCCCCCC(CN)c1ccccc1. The fourth-order valence-corrected chi connectivity index (χ4v) is 2.71. The molecule has 20 heavy (non-hydrogen) atoms. The average Bonchev–Trinajstić information content (AvgIpc) is 2.46. The topological polar surface area (TPSA) is 52.0 Å². The molecule has 0 spiro atoms. The van der Waals surface area contributed by atoms with Gasteiger partial charge >= 0.3 is 0 Å². The highest BCUT2D eigenvalue weighted by Gasteiger charge is 2.08. The average molecular weight is 276 g/mol. The molecule has 2 heteroatoms.